The van der Waals surface area contributed by atoms with Gasteiger partial charge in [-0.2, -0.15) is 0 Å². The Morgan fingerprint density at radius 1 is 1.19 bits per heavy atom. The third kappa shape index (κ3) is 2.36. The van der Waals surface area contributed by atoms with E-state index in [-0.39, 0.29) is 0 Å². The number of imidazole rings is 1. The van der Waals surface area contributed by atoms with Crippen molar-refractivity contribution < 1.29 is 4.21 Å². The van der Waals surface area contributed by atoms with Gasteiger partial charge in [-0.15, -0.1) is 0 Å². The van der Waals surface area contributed by atoms with Gasteiger partial charge in [0.25, 0.3) is 0 Å². The summed E-state index contributed by atoms with van der Waals surface area (Å²) in [5, 5.41) is 0. The molecule has 3 aromatic rings. The van der Waals surface area contributed by atoms with Crippen molar-refractivity contribution in [1.82, 2.24) is 9.97 Å². The molecule has 1 heterocycles. The SMILES string of the molecule is Cc1cc2nc(C(=S=O)c3ccccc3N)[nH]c2cc1C. The second-order valence-electron chi connectivity index (χ2n) is 5.04. The summed E-state index contributed by atoms with van der Waals surface area (Å²) in [6, 6.07) is 11.4. The Balaban J connectivity index is 2.19. The lowest BCUT2D eigenvalue weighted by Crippen LogP contribution is -2.08. The lowest BCUT2D eigenvalue weighted by atomic mass is 10.1. The van der Waals surface area contributed by atoms with Gasteiger partial charge in [0.15, 0.2) is 5.82 Å². The quantitative estimate of drug-likeness (QED) is 0.434. The van der Waals surface area contributed by atoms with Gasteiger partial charge in [0.05, 0.1) is 11.0 Å². The van der Waals surface area contributed by atoms with Crippen LogP contribution in [0.1, 0.15) is 22.5 Å². The van der Waals surface area contributed by atoms with Crippen molar-refractivity contribution >= 4 is 32.8 Å². The van der Waals surface area contributed by atoms with E-state index in [1.807, 2.05) is 37.3 Å². The third-order valence-electron chi connectivity index (χ3n) is 3.60. The van der Waals surface area contributed by atoms with E-state index in [0.29, 0.717) is 33.2 Å². The zero-order valence-corrected chi connectivity index (χ0v) is 12.6. The maximum Gasteiger partial charge on any atom is 0.152 e. The molecule has 4 nitrogen and oxygen atoms in total. The number of hydrogen-bond acceptors (Lipinski definition) is 3. The van der Waals surface area contributed by atoms with Gasteiger partial charge in [-0.3, -0.25) is 0 Å². The van der Waals surface area contributed by atoms with E-state index in [4.69, 9.17) is 5.73 Å². The van der Waals surface area contributed by atoms with Gasteiger partial charge in [-0.05, 0) is 43.2 Å². The molecule has 2 aromatic carbocycles. The fourth-order valence-electron chi connectivity index (χ4n) is 2.29. The zero-order chi connectivity index (χ0) is 15.0. The highest BCUT2D eigenvalue weighted by molar-refractivity contribution is 7.67. The number of nitrogens with two attached hydrogens (primary N) is 1. The molecule has 0 fully saturated rings. The Hall–Kier alpha value is -2.40. The number of hydrogen-bond donors (Lipinski definition) is 2. The summed E-state index contributed by atoms with van der Waals surface area (Å²) in [6.45, 7) is 4.10. The molecule has 0 aliphatic heterocycles. The first-order valence-corrected chi connectivity index (χ1v) is 7.33. The predicted octanol–water partition coefficient (Wildman–Crippen LogP) is 2.54. The monoisotopic (exact) mass is 297 g/mol. The molecule has 0 spiro atoms. The number of benzene rings is 2. The topological polar surface area (TPSA) is 71.8 Å². The highest BCUT2D eigenvalue weighted by atomic mass is 32.1. The van der Waals surface area contributed by atoms with E-state index in [0.717, 1.165) is 11.0 Å². The van der Waals surface area contributed by atoms with Gasteiger partial charge in [0.2, 0.25) is 0 Å². The van der Waals surface area contributed by atoms with E-state index >= 15 is 0 Å². The second-order valence-corrected chi connectivity index (χ2v) is 5.61. The number of aromatic nitrogens is 2. The number of anilines is 1. The van der Waals surface area contributed by atoms with Gasteiger partial charge in [-0.1, -0.05) is 18.2 Å². The van der Waals surface area contributed by atoms with Crippen LogP contribution < -0.4 is 5.73 Å². The van der Waals surface area contributed by atoms with Crippen LogP contribution in [0.4, 0.5) is 5.69 Å². The Morgan fingerprint density at radius 3 is 2.62 bits per heavy atom. The van der Waals surface area contributed by atoms with Crippen molar-refractivity contribution in [3.63, 3.8) is 0 Å². The standard InChI is InChI=1S/C16H15N3OS/c1-9-7-13-14(8-10(9)2)19-16(18-13)15(21-20)11-5-3-4-6-12(11)17/h3-8H,17H2,1-2H3,(H,18,19). The second kappa shape index (κ2) is 5.18. The minimum absolute atomic E-state index is 0.407. The van der Waals surface area contributed by atoms with Crippen LogP contribution in [0.3, 0.4) is 0 Å². The highest BCUT2D eigenvalue weighted by Gasteiger charge is 2.14. The number of para-hydroxylation sites is 1. The van der Waals surface area contributed by atoms with Crippen LogP contribution in [-0.4, -0.2) is 19.0 Å². The van der Waals surface area contributed by atoms with E-state index < -0.39 is 0 Å². The molecule has 0 aliphatic carbocycles. The number of H-pyrrole nitrogens is 1. The maximum atomic E-state index is 11.6. The van der Waals surface area contributed by atoms with Crippen LogP contribution >= 0.6 is 0 Å². The number of rotatable bonds is 2. The molecule has 0 saturated carbocycles. The molecule has 3 N–H and O–H groups in total. The number of aryl methyl sites for hydroxylation is 2. The summed E-state index contributed by atoms with van der Waals surface area (Å²) in [6.07, 6.45) is 0. The molecule has 0 atom stereocenters. The average molecular weight is 297 g/mol. The summed E-state index contributed by atoms with van der Waals surface area (Å²) in [5.74, 6) is 0.563. The minimum atomic E-state index is 0.407. The van der Waals surface area contributed by atoms with Crippen LogP contribution in [0, 0.1) is 13.8 Å². The molecule has 0 unspecified atom stereocenters. The molecule has 1 aromatic heterocycles. The third-order valence-corrected chi connectivity index (χ3v) is 4.18. The Labute approximate surface area is 126 Å². The summed E-state index contributed by atoms with van der Waals surface area (Å²) < 4.78 is 11.6. The van der Waals surface area contributed by atoms with Crippen LogP contribution in [0.2, 0.25) is 0 Å². The van der Waals surface area contributed by atoms with Crippen molar-refractivity contribution in [1.29, 1.82) is 0 Å². The van der Waals surface area contributed by atoms with E-state index in [1.165, 1.54) is 11.1 Å². The molecule has 0 aliphatic rings. The molecule has 3 rings (SSSR count). The molecule has 106 valence electrons. The summed E-state index contributed by atoms with van der Waals surface area (Å²) in [4.78, 5) is 8.26. The summed E-state index contributed by atoms with van der Waals surface area (Å²) >= 11 is 0.407. The molecular weight excluding hydrogens is 282 g/mol. The van der Waals surface area contributed by atoms with Gasteiger partial charge in [0.1, 0.15) is 16.1 Å². The lowest BCUT2D eigenvalue weighted by Gasteiger charge is -2.03. The lowest BCUT2D eigenvalue weighted by molar-refractivity contribution is 0.701. The smallest absolute Gasteiger partial charge is 0.152 e. The molecule has 0 bridgehead atoms. The molecular formula is C16H15N3OS. The number of nitrogens with zero attached hydrogens (tertiary/aromatic N) is 1. The number of aromatic amines is 1. The van der Waals surface area contributed by atoms with Crippen molar-refractivity contribution in [2.24, 2.45) is 0 Å². The first-order chi connectivity index (χ1) is 10.1. The van der Waals surface area contributed by atoms with E-state index in [1.54, 1.807) is 6.07 Å². The highest BCUT2D eigenvalue weighted by Crippen LogP contribution is 2.20. The molecule has 21 heavy (non-hydrogen) atoms. The predicted molar refractivity (Wildman–Crippen MR) is 87.8 cm³/mol. The molecule has 0 saturated heterocycles. The first-order valence-electron chi connectivity index (χ1n) is 6.59. The van der Waals surface area contributed by atoms with Crippen LogP contribution in [0.15, 0.2) is 36.4 Å². The fourth-order valence-corrected chi connectivity index (χ4v) is 2.74. The number of nitrogens with one attached hydrogen (secondary N) is 1. The van der Waals surface area contributed by atoms with Crippen LogP contribution in [0.25, 0.3) is 11.0 Å². The van der Waals surface area contributed by atoms with Crippen LogP contribution in [0.5, 0.6) is 0 Å². The normalized spacial score (nSPS) is 10.8. The molecule has 0 amide bonds. The molecule has 5 heteroatoms. The maximum absolute atomic E-state index is 11.6. The van der Waals surface area contributed by atoms with Crippen molar-refractivity contribution in [2.75, 3.05) is 5.73 Å². The van der Waals surface area contributed by atoms with Crippen molar-refractivity contribution in [3.8, 4) is 0 Å². The van der Waals surface area contributed by atoms with E-state index in [9.17, 15) is 4.21 Å². The Kier molecular flexibility index (Phi) is 3.35. The van der Waals surface area contributed by atoms with Gasteiger partial charge in [0, 0.05) is 11.3 Å². The summed E-state index contributed by atoms with van der Waals surface area (Å²) in [5.41, 5.74) is 11.4. The first kappa shape index (κ1) is 13.6. The zero-order valence-electron chi connectivity index (χ0n) is 11.8. The fraction of sp³-hybridized carbons (Fsp3) is 0.125. The molecule has 0 radical (unpaired) electrons. The largest absolute Gasteiger partial charge is 0.398 e. The number of nitrogen functional groups attached to an aromatic ring is 1. The van der Waals surface area contributed by atoms with E-state index in [2.05, 4.69) is 16.9 Å². The van der Waals surface area contributed by atoms with Crippen LogP contribution in [-0.2, 0) is 11.3 Å². The van der Waals surface area contributed by atoms with Gasteiger partial charge >= 0.3 is 0 Å². The van der Waals surface area contributed by atoms with Gasteiger partial charge in [-0.25, -0.2) is 9.19 Å². The number of fused-ring (bicyclic) bond motifs is 1. The van der Waals surface area contributed by atoms with Gasteiger partial charge < -0.3 is 10.7 Å². The minimum Gasteiger partial charge on any atom is -0.398 e. The summed E-state index contributed by atoms with van der Waals surface area (Å²) in [7, 11) is 0. The average Bonchev–Trinajstić information content (AvgIpc) is 2.85. The van der Waals surface area contributed by atoms with Crippen molar-refractivity contribution in [3.05, 3.63) is 58.9 Å². The van der Waals surface area contributed by atoms with Crippen molar-refractivity contribution in [2.45, 2.75) is 13.8 Å². The Bertz CT molecular complexity index is 853. The Morgan fingerprint density at radius 2 is 1.90 bits per heavy atom.